The molecule has 1 aromatic rings. The summed E-state index contributed by atoms with van der Waals surface area (Å²) in [6.45, 7) is 0.828. The van der Waals surface area contributed by atoms with Crippen LogP contribution in [0.15, 0.2) is 17.5 Å². The summed E-state index contributed by atoms with van der Waals surface area (Å²) < 4.78 is 0. The van der Waals surface area contributed by atoms with Crippen LogP contribution in [0.5, 0.6) is 0 Å². The van der Waals surface area contributed by atoms with E-state index in [1.165, 1.54) is 4.88 Å². The lowest BCUT2D eigenvalue weighted by Gasteiger charge is -2.05. The number of hydrogen-bond donors (Lipinski definition) is 2. The molecule has 0 aromatic carbocycles. The molecule has 0 radical (unpaired) electrons. The highest BCUT2D eigenvalue weighted by Crippen LogP contribution is 2.21. The van der Waals surface area contributed by atoms with Gasteiger partial charge in [-0.3, -0.25) is 4.79 Å². The van der Waals surface area contributed by atoms with Crippen molar-refractivity contribution in [1.29, 1.82) is 0 Å². The fourth-order valence-electron chi connectivity index (χ4n) is 1.87. The number of halogens is 1. The second-order valence-electron chi connectivity index (χ2n) is 3.68. The molecule has 2 atom stereocenters. The molecule has 2 unspecified atom stereocenters. The first-order valence-corrected chi connectivity index (χ1v) is 5.62. The number of rotatable bonds is 3. The Hall–Kier alpha value is -0.580. The van der Waals surface area contributed by atoms with Gasteiger partial charge >= 0.3 is 5.97 Å². The molecule has 1 aromatic heterocycles. The molecule has 0 bridgehead atoms. The minimum absolute atomic E-state index is 0. The molecule has 0 spiro atoms. The molecule has 0 aliphatic carbocycles. The van der Waals surface area contributed by atoms with Crippen molar-refractivity contribution >= 4 is 29.7 Å². The molecule has 2 heterocycles. The van der Waals surface area contributed by atoms with Gasteiger partial charge in [-0.15, -0.1) is 23.7 Å². The molecule has 0 amide bonds. The zero-order chi connectivity index (χ0) is 9.97. The van der Waals surface area contributed by atoms with E-state index in [-0.39, 0.29) is 18.4 Å². The standard InChI is InChI=1S/C10H13NO2S.ClH/c12-10(13)9-5-7(6-11-9)4-8-2-1-3-14-8;/h1-3,7,9,11H,4-6H2,(H,12,13);1H. The van der Waals surface area contributed by atoms with E-state index >= 15 is 0 Å². The summed E-state index contributed by atoms with van der Waals surface area (Å²) in [7, 11) is 0. The van der Waals surface area contributed by atoms with Gasteiger partial charge in [0.05, 0.1) is 0 Å². The van der Waals surface area contributed by atoms with Gasteiger partial charge in [-0.05, 0) is 36.8 Å². The highest BCUT2D eigenvalue weighted by molar-refractivity contribution is 7.09. The second kappa shape index (κ2) is 5.49. The largest absolute Gasteiger partial charge is 0.480 e. The molecule has 2 N–H and O–H groups in total. The van der Waals surface area contributed by atoms with E-state index in [1.807, 2.05) is 6.07 Å². The number of carboxylic acids is 1. The predicted octanol–water partition coefficient (Wildman–Crippen LogP) is 1.78. The Kier molecular flexibility index (Phi) is 4.57. The van der Waals surface area contributed by atoms with Crippen LogP contribution in [0.25, 0.3) is 0 Å². The number of thiophene rings is 1. The van der Waals surface area contributed by atoms with E-state index in [0.717, 1.165) is 19.4 Å². The molecule has 15 heavy (non-hydrogen) atoms. The van der Waals surface area contributed by atoms with E-state index in [2.05, 4.69) is 16.8 Å². The molecule has 1 fully saturated rings. The summed E-state index contributed by atoms with van der Waals surface area (Å²) in [6.07, 6.45) is 1.77. The topological polar surface area (TPSA) is 49.3 Å². The Morgan fingerprint density at radius 1 is 1.67 bits per heavy atom. The van der Waals surface area contributed by atoms with Crippen molar-refractivity contribution in [2.45, 2.75) is 18.9 Å². The molecule has 84 valence electrons. The normalized spacial score (nSPS) is 24.8. The van der Waals surface area contributed by atoms with Crippen LogP contribution in [0, 0.1) is 5.92 Å². The lowest BCUT2D eigenvalue weighted by molar-refractivity contribution is -0.139. The smallest absolute Gasteiger partial charge is 0.320 e. The van der Waals surface area contributed by atoms with Crippen molar-refractivity contribution in [2.75, 3.05) is 6.54 Å². The van der Waals surface area contributed by atoms with Gasteiger partial charge in [-0.2, -0.15) is 0 Å². The minimum atomic E-state index is -0.723. The van der Waals surface area contributed by atoms with Gasteiger partial charge in [0.1, 0.15) is 6.04 Å². The summed E-state index contributed by atoms with van der Waals surface area (Å²) in [6, 6.07) is 3.82. The highest BCUT2D eigenvalue weighted by atomic mass is 35.5. The van der Waals surface area contributed by atoms with Crippen molar-refractivity contribution in [1.82, 2.24) is 5.32 Å². The highest BCUT2D eigenvalue weighted by Gasteiger charge is 2.28. The molecule has 1 aliphatic rings. The van der Waals surface area contributed by atoms with Crippen LogP contribution in [-0.2, 0) is 11.2 Å². The third-order valence-electron chi connectivity index (χ3n) is 2.59. The molecule has 1 saturated heterocycles. The summed E-state index contributed by atoms with van der Waals surface area (Å²) in [4.78, 5) is 12.0. The van der Waals surface area contributed by atoms with Crippen LogP contribution in [0.3, 0.4) is 0 Å². The quantitative estimate of drug-likeness (QED) is 0.856. The Labute approximate surface area is 98.9 Å². The van der Waals surface area contributed by atoms with E-state index < -0.39 is 5.97 Å². The number of carbonyl (C=O) groups is 1. The van der Waals surface area contributed by atoms with Crippen LogP contribution >= 0.6 is 23.7 Å². The number of carboxylic acid groups (broad SMARTS) is 1. The Morgan fingerprint density at radius 2 is 2.47 bits per heavy atom. The van der Waals surface area contributed by atoms with E-state index in [1.54, 1.807) is 11.3 Å². The molecular formula is C10H14ClNO2S. The summed E-state index contributed by atoms with van der Waals surface area (Å²) in [5.74, 6) is -0.242. The fraction of sp³-hybridized carbons (Fsp3) is 0.500. The number of aliphatic carboxylic acids is 1. The SMILES string of the molecule is Cl.O=C(O)C1CC(Cc2cccs2)CN1. The number of hydrogen-bond acceptors (Lipinski definition) is 3. The van der Waals surface area contributed by atoms with Crippen LogP contribution < -0.4 is 5.32 Å². The van der Waals surface area contributed by atoms with Crippen LogP contribution in [0.1, 0.15) is 11.3 Å². The van der Waals surface area contributed by atoms with E-state index in [9.17, 15) is 4.79 Å². The first kappa shape index (κ1) is 12.5. The Morgan fingerprint density at radius 3 is 3.00 bits per heavy atom. The maximum Gasteiger partial charge on any atom is 0.320 e. The van der Waals surface area contributed by atoms with Crippen molar-refractivity contribution in [2.24, 2.45) is 5.92 Å². The zero-order valence-electron chi connectivity index (χ0n) is 8.18. The van der Waals surface area contributed by atoms with Crippen molar-refractivity contribution < 1.29 is 9.90 Å². The fourth-order valence-corrected chi connectivity index (χ4v) is 2.69. The maximum atomic E-state index is 10.7. The van der Waals surface area contributed by atoms with Gasteiger partial charge in [0, 0.05) is 4.88 Å². The van der Waals surface area contributed by atoms with Gasteiger partial charge in [-0.1, -0.05) is 6.07 Å². The van der Waals surface area contributed by atoms with Crippen LogP contribution in [0.4, 0.5) is 0 Å². The summed E-state index contributed by atoms with van der Waals surface area (Å²) >= 11 is 1.74. The maximum absolute atomic E-state index is 10.7. The lowest BCUT2D eigenvalue weighted by atomic mass is 10.0. The molecular weight excluding hydrogens is 234 g/mol. The average molecular weight is 248 g/mol. The van der Waals surface area contributed by atoms with Gasteiger partial charge < -0.3 is 10.4 Å². The van der Waals surface area contributed by atoms with E-state index in [0.29, 0.717) is 5.92 Å². The Balaban J connectivity index is 0.00000112. The number of nitrogens with one attached hydrogen (secondary N) is 1. The monoisotopic (exact) mass is 247 g/mol. The summed E-state index contributed by atoms with van der Waals surface area (Å²) in [5, 5.41) is 13.9. The zero-order valence-corrected chi connectivity index (χ0v) is 9.81. The van der Waals surface area contributed by atoms with E-state index in [4.69, 9.17) is 5.11 Å². The first-order chi connectivity index (χ1) is 6.75. The van der Waals surface area contributed by atoms with Gasteiger partial charge in [-0.25, -0.2) is 0 Å². The van der Waals surface area contributed by atoms with Gasteiger partial charge in [0.25, 0.3) is 0 Å². The second-order valence-corrected chi connectivity index (χ2v) is 4.72. The van der Waals surface area contributed by atoms with Crippen molar-refractivity contribution in [3.05, 3.63) is 22.4 Å². The third kappa shape index (κ3) is 3.19. The summed E-state index contributed by atoms with van der Waals surface area (Å²) in [5.41, 5.74) is 0. The molecule has 2 rings (SSSR count). The molecule has 1 aliphatic heterocycles. The predicted molar refractivity (Wildman–Crippen MR) is 62.8 cm³/mol. The van der Waals surface area contributed by atoms with Crippen molar-refractivity contribution in [3.63, 3.8) is 0 Å². The molecule has 0 saturated carbocycles. The Bertz CT molecular complexity index is 315. The lowest BCUT2D eigenvalue weighted by Crippen LogP contribution is -2.29. The average Bonchev–Trinajstić information content (AvgIpc) is 2.75. The van der Waals surface area contributed by atoms with Gasteiger partial charge in [0.15, 0.2) is 0 Å². The van der Waals surface area contributed by atoms with Crippen molar-refractivity contribution in [3.8, 4) is 0 Å². The molecule has 5 heteroatoms. The first-order valence-electron chi connectivity index (χ1n) is 4.74. The molecule has 3 nitrogen and oxygen atoms in total. The minimum Gasteiger partial charge on any atom is -0.480 e. The van der Waals surface area contributed by atoms with Gasteiger partial charge in [0.2, 0.25) is 0 Å². The van der Waals surface area contributed by atoms with Crippen LogP contribution in [-0.4, -0.2) is 23.7 Å². The third-order valence-corrected chi connectivity index (χ3v) is 3.49. The van der Waals surface area contributed by atoms with Crippen LogP contribution in [0.2, 0.25) is 0 Å².